The third-order valence-electron chi connectivity index (χ3n) is 3.61. The Balaban J connectivity index is 2.50. The fourth-order valence-corrected chi connectivity index (χ4v) is 2.24. The van der Waals surface area contributed by atoms with Gasteiger partial charge < -0.3 is 20.5 Å². The number of ether oxygens (including phenoxy) is 1. The molecular formula is C14H26N2O4. The van der Waals surface area contributed by atoms with Gasteiger partial charge in [-0.2, -0.15) is 0 Å². The van der Waals surface area contributed by atoms with Crippen molar-refractivity contribution >= 4 is 12.0 Å². The highest BCUT2D eigenvalue weighted by molar-refractivity contribution is 5.76. The monoisotopic (exact) mass is 286 g/mol. The molecule has 2 amide bonds. The van der Waals surface area contributed by atoms with Crippen molar-refractivity contribution in [1.82, 2.24) is 10.6 Å². The zero-order chi connectivity index (χ0) is 15.3. The van der Waals surface area contributed by atoms with Crippen molar-refractivity contribution in [2.24, 2.45) is 5.41 Å². The van der Waals surface area contributed by atoms with Crippen molar-refractivity contribution in [3.8, 4) is 0 Å². The second-order valence-electron chi connectivity index (χ2n) is 6.47. The molecule has 1 heterocycles. The lowest BCUT2D eigenvalue weighted by Crippen LogP contribution is -2.52. The summed E-state index contributed by atoms with van der Waals surface area (Å²) < 4.78 is 5.52. The third-order valence-corrected chi connectivity index (χ3v) is 3.61. The van der Waals surface area contributed by atoms with Crippen molar-refractivity contribution in [3.05, 3.63) is 0 Å². The molecule has 3 unspecified atom stereocenters. The van der Waals surface area contributed by atoms with Crippen LogP contribution in [0.15, 0.2) is 0 Å². The molecule has 3 N–H and O–H groups in total. The Morgan fingerprint density at radius 3 is 2.45 bits per heavy atom. The molecule has 0 saturated carbocycles. The van der Waals surface area contributed by atoms with Crippen LogP contribution in [-0.2, 0) is 9.53 Å². The van der Waals surface area contributed by atoms with Crippen LogP contribution in [0.2, 0.25) is 0 Å². The van der Waals surface area contributed by atoms with Crippen LogP contribution in [-0.4, -0.2) is 41.9 Å². The standard InChI is InChI=1S/C14H26N2O4/c1-9(10-6-5-7-20-10)15-13(19)16-11(8-12(17)18)14(2,3)4/h9-11H,5-8H2,1-4H3,(H,17,18)(H2,15,16,19). The number of nitrogens with one attached hydrogen (secondary N) is 2. The SMILES string of the molecule is CC(NC(=O)NC(CC(=O)O)C(C)(C)C)C1CCCO1. The highest BCUT2D eigenvalue weighted by atomic mass is 16.5. The second kappa shape index (κ2) is 6.92. The number of aliphatic carboxylic acids is 1. The minimum Gasteiger partial charge on any atom is -0.481 e. The summed E-state index contributed by atoms with van der Waals surface area (Å²) >= 11 is 0. The number of urea groups is 1. The summed E-state index contributed by atoms with van der Waals surface area (Å²) in [6.45, 7) is 8.36. The van der Waals surface area contributed by atoms with Gasteiger partial charge in [-0.05, 0) is 25.2 Å². The highest BCUT2D eigenvalue weighted by Crippen LogP contribution is 2.22. The number of amides is 2. The van der Waals surface area contributed by atoms with Crippen LogP contribution in [0.1, 0.15) is 47.0 Å². The first kappa shape index (κ1) is 16.8. The molecule has 1 rings (SSSR count). The van der Waals surface area contributed by atoms with Crippen molar-refractivity contribution < 1.29 is 19.4 Å². The summed E-state index contributed by atoms with van der Waals surface area (Å²) in [5, 5.41) is 14.5. The van der Waals surface area contributed by atoms with Crippen LogP contribution in [0.3, 0.4) is 0 Å². The number of carboxylic acid groups (broad SMARTS) is 1. The predicted octanol–water partition coefficient (Wildman–Crippen LogP) is 1.74. The van der Waals surface area contributed by atoms with E-state index in [1.807, 2.05) is 27.7 Å². The number of hydrogen-bond donors (Lipinski definition) is 3. The molecule has 0 spiro atoms. The van der Waals surface area contributed by atoms with Crippen molar-refractivity contribution in [3.63, 3.8) is 0 Å². The molecular weight excluding hydrogens is 260 g/mol. The van der Waals surface area contributed by atoms with E-state index in [4.69, 9.17) is 9.84 Å². The lowest BCUT2D eigenvalue weighted by molar-refractivity contribution is -0.138. The Hall–Kier alpha value is -1.30. The van der Waals surface area contributed by atoms with Crippen LogP contribution >= 0.6 is 0 Å². The smallest absolute Gasteiger partial charge is 0.315 e. The molecule has 116 valence electrons. The maximum absolute atomic E-state index is 12.0. The molecule has 0 aromatic heterocycles. The summed E-state index contributed by atoms with van der Waals surface area (Å²) in [5.74, 6) is -0.919. The lowest BCUT2D eigenvalue weighted by Gasteiger charge is -2.31. The first-order valence-corrected chi connectivity index (χ1v) is 7.10. The van der Waals surface area contributed by atoms with Gasteiger partial charge in [0.15, 0.2) is 0 Å². The Morgan fingerprint density at radius 1 is 1.35 bits per heavy atom. The number of carboxylic acids is 1. The summed E-state index contributed by atoms with van der Waals surface area (Å²) in [5.41, 5.74) is -0.317. The van der Waals surface area contributed by atoms with E-state index in [0.29, 0.717) is 0 Å². The lowest BCUT2D eigenvalue weighted by atomic mass is 9.85. The molecule has 0 aliphatic carbocycles. The third kappa shape index (κ3) is 5.36. The number of carbonyl (C=O) groups excluding carboxylic acids is 1. The Morgan fingerprint density at radius 2 is 2.00 bits per heavy atom. The largest absolute Gasteiger partial charge is 0.481 e. The molecule has 1 saturated heterocycles. The Bertz CT molecular complexity index is 346. The first-order valence-electron chi connectivity index (χ1n) is 7.10. The van der Waals surface area contributed by atoms with Gasteiger partial charge >= 0.3 is 12.0 Å². The molecule has 1 aliphatic heterocycles. The topological polar surface area (TPSA) is 87.7 Å². The zero-order valence-corrected chi connectivity index (χ0v) is 12.7. The van der Waals surface area contributed by atoms with Gasteiger partial charge in [0.05, 0.1) is 18.6 Å². The first-order chi connectivity index (χ1) is 9.20. The average molecular weight is 286 g/mol. The van der Waals surface area contributed by atoms with E-state index in [1.165, 1.54) is 0 Å². The molecule has 1 aliphatic rings. The Kier molecular flexibility index (Phi) is 5.80. The van der Waals surface area contributed by atoms with Gasteiger partial charge in [-0.25, -0.2) is 4.79 Å². The highest BCUT2D eigenvalue weighted by Gasteiger charge is 2.30. The van der Waals surface area contributed by atoms with Gasteiger partial charge in [0.25, 0.3) is 0 Å². The molecule has 6 nitrogen and oxygen atoms in total. The summed E-state index contributed by atoms with van der Waals surface area (Å²) in [6, 6.07) is -0.839. The van der Waals surface area contributed by atoms with Crippen LogP contribution in [0.25, 0.3) is 0 Å². The van der Waals surface area contributed by atoms with Crippen LogP contribution in [0.4, 0.5) is 4.79 Å². The summed E-state index contributed by atoms with van der Waals surface area (Å²) in [4.78, 5) is 22.9. The molecule has 1 fully saturated rings. The molecule has 6 heteroatoms. The van der Waals surface area contributed by atoms with Crippen molar-refractivity contribution in [2.45, 2.75) is 65.1 Å². The number of hydrogen-bond acceptors (Lipinski definition) is 3. The quantitative estimate of drug-likeness (QED) is 0.718. The van der Waals surface area contributed by atoms with E-state index in [1.54, 1.807) is 0 Å². The van der Waals surface area contributed by atoms with Gasteiger partial charge in [-0.3, -0.25) is 4.79 Å². The average Bonchev–Trinajstić information content (AvgIpc) is 2.79. The molecule has 0 aromatic carbocycles. The van der Waals surface area contributed by atoms with Gasteiger partial charge in [0.1, 0.15) is 0 Å². The predicted molar refractivity (Wildman–Crippen MR) is 75.6 cm³/mol. The molecule has 0 bridgehead atoms. The number of rotatable bonds is 5. The van der Waals surface area contributed by atoms with E-state index in [-0.39, 0.29) is 30.0 Å². The fourth-order valence-electron chi connectivity index (χ4n) is 2.24. The number of carbonyl (C=O) groups is 2. The molecule has 20 heavy (non-hydrogen) atoms. The van der Waals surface area contributed by atoms with E-state index in [9.17, 15) is 9.59 Å². The van der Waals surface area contributed by atoms with E-state index < -0.39 is 12.0 Å². The fraction of sp³-hybridized carbons (Fsp3) is 0.857. The van der Waals surface area contributed by atoms with E-state index in [2.05, 4.69) is 10.6 Å². The zero-order valence-electron chi connectivity index (χ0n) is 12.7. The van der Waals surface area contributed by atoms with Crippen LogP contribution < -0.4 is 10.6 Å². The normalized spacial score (nSPS) is 22.1. The minimum absolute atomic E-state index is 0.0494. The maximum Gasteiger partial charge on any atom is 0.315 e. The van der Waals surface area contributed by atoms with Gasteiger partial charge in [-0.1, -0.05) is 20.8 Å². The maximum atomic E-state index is 12.0. The molecule has 3 atom stereocenters. The van der Waals surface area contributed by atoms with Crippen molar-refractivity contribution in [2.75, 3.05) is 6.61 Å². The van der Waals surface area contributed by atoms with Gasteiger partial charge in [0.2, 0.25) is 0 Å². The summed E-state index contributed by atoms with van der Waals surface area (Å²) in [7, 11) is 0. The van der Waals surface area contributed by atoms with E-state index >= 15 is 0 Å². The van der Waals surface area contributed by atoms with Crippen molar-refractivity contribution in [1.29, 1.82) is 0 Å². The minimum atomic E-state index is -0.919. The Labute approximate surface area is 120 Å². The van der Waals surface area contributed by atoms with Crippen LogP contribution in [0, 0.1) is 5.41 Å². The van der Waals surface area contributed by atoms with Gasteiger partial charge in [-0.15, -0.1) is 0 Å². The second-order valence-corrected chi connectivity index (χ2v) is 6.47. The van der Waals surface area contributed by atoms with E-state index in [0.717, 1.165) is 19.4 Å². The molecule has 0 radical (unpaired) electrons. The molecule has 0 aromatic rings. The van der Waals surface area contributed by atoms with Crippen LogP contribution in [0.5, 0.6) is 0 Å². The summed E-state index contributed by atoms with van der Waals surface area (Å²) in [6.07, 6.45) is 1.92. The van der Waals surface area contributed by atoms with Gasteiger partial charge in [0, 0.05) is 12.6 Å².